The molecule has 1 saturated carbocycles. The van der Waals surface area contributed by atoms with Gasteiger partial charge in [0.25, 0.3) is 0 Å². The fourth-order valence-corrected chi connectivity index (χ4v) is 5.86. The number of pyridine rings is 2. The Bertz CT molecular complexity index is 1560. The van der Waals surface area contributed by atoms with Crippen LogP contribution < -0.4 is 10.4 Å². The van der Waals surface area contributed by atoms with Crippen LogP contribution in [0.15, 0.2) is 79.1 Å². The van der Waals surface area contributed by atoms with Crippen molar-refractivity contribution >= 4 is 10.9 Å². The molecule has 0 saturated heterocycles. The molecule has 7 rings (SSSR count). The lowest BCUT2D eigenvalue weighted by Crippen LogP contribution is -2.73. The summed E-state index contributed by atoms with van der Waals surface area (Å²) in [4.78, 5) is 10.0. The van der Waals surface area contributed by atoms with Crippen LogP contribution in [0, 0.1) is 0 Å². The van der Waals surface area contributed by atoms with E-state index in [9.17, 15) is 0 Å². The third-order valence-corrected chi connectivity index (χ3v) is 8.19. The largest absolute Gasteiger partial charge is 0.349 e. The average Bonchev–Trinajstić information content (AvgIpc) is 3.35. The van der Waals surface area contributed by atoms with E-state index >= 15 is 0 Å². The van der Waals surface area contributed by atoms with Gasteiger partial charge in [0.15, 0.2) is 6.54 Å². The van der Waals surface area contributed by atoms with Crippen LogP contribution in [0.4, 0.5) is 0 Å². The van der Waals surface area contributed by atoms with Crippen molar-refractivity contribution < 1.29 is 10.4 Å². The van der Waals surface area contributed by atoms with Crippen molar-refractivity contribution in [1.29, 1.82) is 0 Å². The molecule has 2 aliphatic rings. The first-order chi connectivity index (χ1) is 17.7. The van der Waals surface area contributed by atoms with Crippen molar-refractivity contribution in [2.45, 2.75) is 50.6 Å². The number of nitrogens with zero attached hydrogens (tertiary/aromatic N) is 3. The molecule has 0 unspecified atom stereocenters. The molecule has 0 atom stereocenters. The second-order valence-electron chi connectivity index (χ2n) is 10.5. The molecule has 0 amide bonds. The third kappa shape index (κ3) is 3.54. The molecule has 1 fully saturated rings. The summed E-state index contributed by atoms with van der Waals surface area (Å²) in [6, 6.07) is 24.0. The summed E-state index contributed by atoms with van der Waals surface area (Å²) in [5, 5.41) is 4.53. The van der Waals surface area contributed by atoms with Gasteiger partial charge in [-0.2, -0.15) is 5.10 Å². The van der Waals surface area contributed by atoms with Crippen molar-refractivity contribution in [1.82, 2.24) is 15.1 Å². The standard InChI is InChI=1S/C31H29N5/c32-31(14-6-15-31)24-12-10-22(11-13-24)30-25(21-7-2-1-3-8-21)17-23-18-27(33-20-28(23)35-30)26-19-34-36-16-5-4-9-29(26)36/h1-3,7-8,10-13,17-20H,4-6,9,14-16,32H2/p+2. The van der Waals surface area contributed by atoms with E-state index < -0.39 is 0 Å². The van der Waals surface area contributed by atoms with Crippen LogP contribution in [-0.4, -0.2) is 15.1 Å². The first kappa shape index (κ1) is 21.5. The molecule has 5 nitrogen and oxygen atoms in total. The molecular formula is C31H31N5+2. The molecule has 3 aromatic heterocycles. The van der Waals surface area contributed by atoms with Gasteiger partial charge in [0.2, 0.25) is 5.69 Å². The van der Waals surface area contributed by atoms with E-state index in [-0.39, 0.29) is 5.54 Å². The highest BCUT2D eigenvalue weighted by Crippen LogP contribution is 2.39. The van der Waals surface area contributed by atoms with Gasteiger partial charge in [0.1, 0.15) is 5.54 Å². The number of aromatic amines is 1. The maximum atomic E-state index is 5.17. The summed E-state index contributed by atoms with van der Waals surface area (Å²) in [5.41, 5.74) is 14.8. The molecular weight excluding hydrogens is 442 g/mol. The van der Waals surface area contributed by atoms with Crippen LogP contribution in [0.2, 0.25) is 0 Å². The highest BCUT2D eigenvalue weighted by atomic mass is 15.3. The van der Waals surface area contributed by atoms with Crippen LogP contribution >= 0.6 is 0 Å². The molecule has 0 radical (unpaired) electrons. The normalized spacial score (nSPS) is 16.5. The van der Waals surface area contributed by atoms with Gasteiger partial charge in [-0.1, -0.05) is 54.6 Å². The van der Waals surface area contributed by atoms with Crippen LogP contribution in [0.1, 0.15) is 43.4 Å². The number of aryl methyl sites for hydroxylation is 1. The van der Waals surface area contributed by atoms with E-state index in [4.69, 9.17) is 9.97 Å². The number of fused-ring (bicyclic) bond motifs is 2. The number of hydrogen-bond donors (Lipinski definition) is 2. The Morgan fingerprint density at radius 1 is 0.861 bits per heavy atom. The smallest absolute Gasteiger partial charge is 0.217 e. The van der Waals surface area contributed by atoms with Gasteiger partial charge in [0.05, 0.1) is 34.9 Å². The van der Waals surface area contributed by atoms with Crippen molar-refractivity contribution in [3.8, 4) is 33.6 Å². The summed E-state index contributed by atoms with van der Waals surface area (Å²) in [5.74, 6) is 0. The van der Waals surface area contributed by atoms with Gasteiger partial charge in [-0.25, -0.2) is 4.98 Å². The molecule has 0 bridgehead atoms. The zero-order valence-electron chi connectivity index (χ0n) is 20.5. The number of hydrogen-bond acceptors (Lipinski definition) is 2. The van der Waals surface area contributed by atoms with E-state index in [0.29, 0.717) is 0 Å². The maximum absolute atomic E-state index is 5.17. The van der Waals surface area contributed by atoms with Gasteiger partial charge in [0, 0.05) is 47.8 Å². The highest BCUT2D eigenvalue weighted by molar-refractivity contribution is 5.92. The fourth-order valence-electron chi connectivity index (χ4n) is 5.86. The van der Waals surface area contributed by atoms with Crippen molar-refractivity contribution in [2.75, 3.05) is 0 Å². The van der Waals surface area contributed by atoms with Gasteiger partial charge in [-0.3, -0.25) is 4.98 Å². The van der Waals surface area contributed by atoms with Crippen LogP contribution in [0.3, 0.4) is 0 Å². The van der Waals surface area contributed by atoms with Crippen LogP contribution in [0.25, 0.3) is 44.5 Å². The SMILES string of the molecule is [NH3+]C1(c2ccc(-c3nc4cnc(-c5c[nH][n+]6c5CCCC6)cc4cc3-c3ccccc3)cc2)CCC1. The van der Waals surface area contributed by atoms with Gasteiger partial charge in [-0.05, 0) is 30.5 Å². The summed E-state index contributed by atoms with van der Waals surface area (Å²) in [7, 11) is 0. The first-order valence-corrected chi connectivity index (χ1v) is 13.1. The molecule has 178 valence electrons. The number of nitrogens with one attached hydrogen (secondary N) is 1. The average molecular weight is 474 g/mol. The van der Waals surface area contributed by atoms with E-state index in [1.54, 1.807) is 0 Å². The van der Waals surface area contributed by atoms with Gasteiger partial charge < -0.3 is 5.73 Å². The van der Waals surface area contributed by atoms with E-state index in [0.717, 1.165) is 46.4 Å². The topological polar surface area (TPSA) is 73.1 Å². The summed E-state index contributed by atoms with van der Waals surface area (Å²) in [6.07, 6.45) is 11.2. The Hall–Kier alpha value is -3.83. The second-order valence-corrected chi connectivity index (χ2v) is 10.5. The molecule has 36 heavy (non-hydrogen) atoms. The van der Waals surface area contributed by atoms with Gasteiger partial charge in [-0.15, -0.1) is 4.68 Å². The molecule has 1 aliphatic heterocycles. The summed E-state index contributed by atoms with van der Waals surface area (Å²) < 4.78 is 2.27. The zero-order chi connectivity index (χ0) is 24.1. The van der Waals surface area contributed by atoms with Crippen molar-refractivity contribution in [3.63, 3.8) is 0 Å². The number of H-pyrrole nitrogens is 1. The van der Waals surface area contributed by atoms with Gasteiger partial charge >= 0.3 is 0 Å². The molecule has 1 aliphatic carbocycles. The van der Waals surface area contributed by atoms with E-state index in [1.165, 1.54) is 54.5 Å². The Morgan fingerprint density at radius 2 is 1.69 bits per heavy atom. The molecule has 2 aromatic carbocycles. The predicted molar refractivity (Wildman–Crippen MR) is 142 cm³/mol. The Labute approximate surface area is 211 Å². The summed E-state index contributed by atoms with van der Waals surface area (Å²) in [6.45, 7) is 1.06. The van der Waals surface area contributed by atoms with Crippen molar-refractivity contribution in [2.24, 2.45) is 0 Å². The van der Waals surface area contributed by atoms with E-state index in [1.807, 2.05) is 6.20 Å². The molecule has 4 heterocycles. The molecule has 5 aromatic rings. The quantitative estimate of drug-likeness (QED) is 0.352. The lowest BCUT2D eigenvalue weighted by molar-refractivity contribution is -0.760. The molecule has 4 N–H and O–H groups in total. The molecule has 5 heteroatoms. The van der Waals surface area contributed by atoms with Crippen LogP contribution in [0.5, 0.6) is 0 Å². The summed E-state index contributed by atoms with van der Waals surface area (Å²) >= 11 is 0. The number of rotatable bonds is 4. The third-order valence-electron chi connectivity index (χ3n) is 8.19. The number of quaternary nitrogens is 1. The maximum Gasteiger partial charge on any atom is 0.217 e. The van der Waals surface area contributed by atoms with E-state index in [2.05, 4.69) is 88.4 Å². The zero-order valence-corrected chi connectivity index (χ0v) is 20.5. The predicted octanol–water partition coefficient (Wildman–Crippen LogP) is 5.20. The monoisotopic (exact) mass is 473 g/mol. The fraction of sp³-hybridized carbons (Fsp3) is 0.258. The van der Waals surface area contributed by atoms with Crippen molar-refractivity contribution in [3.05, 3.63) is 90.4 Å². The first-order valence-electron chi connectivity index (χ1n) is 13.1. The lowest BCUT2D eigenvalue weighted by Gasteiger charge is -2.34. The Balaban J connectivity index is 1.36. The molecule has 0 spiro atoms. The van der Waals surface area contributed by atoms with Crippen LogP contribution in [-0.2, 0) is 18.5 Å². The highest BCUT2D eigenvalue weighted by Gasteiger charge is 2.38. The minimum absolute atomic E-state index is 0.0909. The Kier molecular flexibility index (Phi) is 5.00. The second kappa shape index (κ2) is 8.38. The lowest BCUT2D eigenvalue weighted by atomic mass is 9.72. The number of benzene rings is 2. The number of aromatic nitrogens is 4. The minimum atomic E-state index is 0.0909. The Morgan fingerprint density at radius 3 is 2.47 bits per heavy atom. The minimum Gasteiger partial charge on any atom is -0.349 e.